The van der Waals surface area contributed by atoms with E-state index in [2.05, 4.69) is 5.32 Å². The Morgan fingerprint density at radius 2 is 1.73 bits per heavy atom. The predicted molar refractivity (Wildman–Crippen MR) is 96.3 cm³/mol. The third kappa shape index (κ3) is 5.41. The average Bonchev–Trinajstić information content (AvgIpc) is 2.60. The zero-order valence-corrected chi connectivity index (χ0v) is 14.8. The van der Waals surface area contributed by atoms with Crippen LogP contribution in [0, 0.1) is 0 Å². The van der Waals surface area contributed by atoms with E-state index < -0.39 is 12.6 Å². The second-order valence-electron chi connectivity index (χ2n) is 5.69. The first-order chi connectivity index (χ1) is 12.4. The van der Waals surface area contributed by atoms with Gasteiger partial charge in [-0.25, -0.2) is 4.79 Å². The maximum Gasteiger partial charge on any atom is 0.341 e. The summed E-state index contributed by atoms with van der Waals surface area (Å²) >= 11 is 0. The zero-order chi connectivity index (χ0) is 19.1. The summed E-state index contributed by atoms with van der Waals surface area (Å²) in [5.41, 5.74) is 0.926. The Kier molecular flexibility index (Phi) is 6.43. The lowest BCUT2D eigenvalue weighted by atomic mass is 10.1. The van der Waals surface area contributed by atoms with Crippen molar-refractivity contribution in [2.75, 3.05) is 19.0 Å². The molecule has 0 aliphatic rings. The van der Waals surface area contributed by atoms with E-state index >= 15 is 0 Å². The third-order valence-electron chi connectivity index (χ3n) is 3.27. The number of carboxylic acids is 1. The highest BCUT2D eigenvalue weighted by molar-refractivity contribution is 6.06. The fraction of sp³-hybridized carbons (Fsp3) is 0.263. The molecule has 2 aromatic rings. The molecule has 1 amide bonds. The summed E-state index contributed by atoms with van der Waals surface area (Å²) < 4.78 is 15.9. The van der Waals surface area contributed by atoms with Crippen molar-refractivity contribution in [2.24, 2.45) is 0 Å². The molecule has 0 saturated heterocycles. The summed E-state index contributed by atoms with van der Waals surface area (Å²) in [6.45, 7) is 3.32. The molecular formula is C19H21NO6. The molecule has 0 unspecified atom stereocenters. The molecule has 2 N–H and O–H groups in total. The third-order valence-corrected chi connectivity index (χ3v) is 3.27. The molecule has 7 nitrogen and oxygen atoms in total. The van der Waals surface area contributed by atoms with Crippen molar-refractivity contribution >= 4 is 17.6 Å². The van der Waals surface area contributed by atoms with Crippen LogP contribution in [-0.4, -0.2) is 36.8 Å². The number of amides is 1. The van der Waals surface area contributed by atoms with Gasteiger partial charge in [0, 0.05) is 11.8 Å². The maximum absolute atomic E-state index is 12.6. The van der Waals surface area contributed by atoms with E-state index in [0.29, 0.717) is 28.5 Å². The first-order valence-corrected chi connectivity index (χ1v) is 7.99. The highest BCUT2D eigenvalue weighted by Gasteiger charge is 2.15. The van der Waals surface area contributed by atoms with Gasteiger partial charge in [-0.2, -0.15) is 0 Å². The molecule has 0 radical (unpaired) electrons. The highest BCUT2D eigenvalue weighted by atomic mass is 16.5. The summed E-state index contributed by atoms with van der Waals surface area (Å²) in [6.07, 6.45) is -0.0978. The summed E-state index contributed by atoms with van der Waals surface area (Å²) in [5.74, 6) is 0.0381. The van der Waals surface area contributed by atoms with Crippen molar-refractivity contribution < 1.29 is 28.9 Å². The van der Waals surface area contributed by atoms with Crippen LogP contribution in [0.4, 0.5) is 5.69 Å². The monoisotopic (exact) mass is 359 g/mol. The number of carbonyl (C=O) groups excluding carboxylic acids is 1. The lowest BCUT2D eigenvalue weighted by Crippen LogP contribution is -2.16. The number of hydrogen-bond acceptors (Lipinski definition) is 5. The van der Waals surface area contributed by atoms with Crippen molar-refractivity contribution in [1.29, 1.82) is 0 Å². The van der Waals surface area contributed by atoms with Crippen LogP contribution in [-0.2, 0) is 4.79 Å². The minimum Gasteiger partial charge on any atom is -0.497 e. The van der Waals surface area contributed by atoms with Crippen molar-refractivity contribution in [3.8, 4) is 17.2 Å². The normalized spacial score (nSPS) is 10.3. The molecule has 7 heteroatoms. The lowest BCUT2D eigenvalue weighted by Gasteiger charge is -2.15. The van der Waals surface area contributed by atoms with Crippen molar-refractivity contribution in [3.05, 3.63) is 48.0 Å². The maximum atomic E-state index is 12.6. The van der Waals surface area contributed by atoms with Gasteiger partial charge in [-0.05, 0) is 50.2 Å². The summed E-state index contributed by atoms with van der Waals surface area (Å²) in [5, 5.41) is 11.4. The van der Waals surface area contributed by atoms with Gasteiger partial charge in [-0.3, -0.25) is 4.79 Å². The van der Waals surface area contributed by atoms with Gasteiger partial charge in [0.2, 0.25) is 0 Å². The van der Waals surface area contributed by atoms with E-state index in [0.717, 1.165) is 0 Å². The number of benzene rings is 2. The number of carboxylic acid groups (broad SMARTS) is 1. The Morgan fingerprint density at radius 1 is 1.08 bits per heavy atom. The molecule has 138 valence electrons. The van der Waals surface area contributed by atoms with Crippen LogP contribution in [0.5, 0.6) is 17.2 Å². The van der Waals surface area contributed by atoms with E-state index in [9.17, 15) is 9.59 Å². The Balaban J connectivity index is 2.12. The first kappa shape index (κ1) is 19.1. The SMILES string of the molecule is COc1ccc(C(=O)Nc2ccc(OCC(=O)O)cc2)c(OC(C)C)c1. The van der Waals surface area contributed by atoms with Crippen LogP contribution >= 0.6 is 0 Å². The minimum atomic E-state index is -1.06. The van der Waals surface area contributed by atoms with E-state index in [-0.39, 0.29) is 12.0 Å². The Morgan fingerprint density at radius 3 is 2.31 bits per heavy atom. The summed E-state index contributed by atoms with van der Waals surface area (Å²) in [4.78, 5) is 23.1. The lowest BCUT2D eigenvalue weighted by molar-refractivity contribution is -0.139. The molecule has 0 saturated carbocycles. The molecule has 0 heterocycles. The van der Waals surface area contributed by atoms with E-state index in [1.165, 1.54) is 0 Å². The van der Waals surface area contributed by atoms with Gasteiger partial charge < -0.3 is 24.6 Å². The first-order valence-electron chi connectivity index (χ1n) is 7.99. The number of carbonyl (C=O) groups is 2. The second-order valence-corrected chi connectivity index (χ2v) is 5.69. The van der Waals surface area contributed by atoms with Crippen LogP contribution in [0.2, 0.25) is 0 Å². The van der Waals surface area contributed by atoms with Crippen molar-refractivity contribution in [2.45, 2.75) is 20.0 Å². The summed E-state index contributed by atoms with van der Waals surface area (Å²) in [7, 11) is 1.54. The molecule has 0 bridgehead atoms. The number of hydrogen-bond donors (Lipinski definition) is 2. The molecule has 0 aromatic heterocycles. The standard InChI is InChI=1S/C19H21NO6/c1-12(2)26-17-10-15(24-3)8-9-16(17)19(23)20-13-4-6-14(7-5-13)25-11-18(21)22/h4-10,12H,11H2,1-3H3,(H,20,23)(H,21,22). The van der Waals surface area contributed by atoms with Crippen molar-refractivity contribution in [3.63, 3.8) is 0 Å². The molecule has 2 rings (SSSR count). The molecule has 0 fully saturated rings. The number of nitrogens with one attached hydrogen (secondary N) is 1. The largest absolute Gasteiger partial charge is 0.497 e. The quantitative estimate of drug-likeness (QED) is 0.752. The number of methoxy groups -OCH3 is 1. The molecule has 26 heavy (non-hydrogen) atoms. The van der Waals surface area contributed by atoms with Gasteiger partial charge in [0.05, 0.1) is 18.8 Å². The molecule has 0 atom stereocenters. The van der Waals surface area contributed by atoms with Gasteiger partial charge in [0.15, 0.2) is 6.61 Å². The molecule has 0 aliphatic heterocycles. The van der Waals surface area contributed by atoms with Gasteiger partial charge >= 0.3 is 5.97 Å². The predicted octanol–water partition coefficient (Wildman–Crippen LogP) is 3.20. The van der Waals surface area contributed by atoms with Gasteiger partial charge in [0.25, 0.3) is 5.91 Å². The van der Waals surface area contributed by atoms with Crippen LogP contribution < -0.4 is 19.5 Å². The highest BCUT2D eigenvalue weighted by Crippen LogP contribution is 2.27. The topological polar surface area (TPSA) is 94.1 Å². The molecule has 0 aliphatic carbocycles. The second kappa shape index (κ2) is 8.75. The van der Waals surface area contributed by atoms with Crippen LogP contribution in [0.15, 0.2) is 42.5 Å². The molecule has 2 aromatic carbocycles. The van der Waals surface area contributed by atoms with E-state index in [4.69, 9.17) is 19.3 Å². The molecular weight excluding hydrogens is 338 g/mol. The molecule has 0 spiro atoms. The fourth-order valence-corrected chi connectivity index (χ4v) is 2.15. The Bertz CT molecular complexity index is 770. The number of anilines is 1. The smallest absolute Gasteiger partial charge is 0.341 e. The Labute approximate surface area is 151 Å². The van der Waals surface area contributed by atoms with E-state index in [1.807, 2.05) is 13.8 Å². The fourth-order valence-electron chi connectivity index (χ4n) is 2.15. The number of ether oxygens (including phenoxy) is 3. The van der Waals surface area contributed by atoms with E-state index in [1.54, 1.807) is 49.6 Å². The minimum absolute atomic E-state index is 0.0978. The number of aliphatic carboxylic acids is 1. The van der Waals surface area contributed by atoms with Crippen LogP contribution in [0.25, 0.3) is 0 Å². The number of rotatable bonds is 8. The van der Waals surface area contributed by atoms with Crippen molar-refractivity contribution in [1.82, 2.24) is 0 Å². The van der Waals surface area contributed by atoms with Gasteiger partial charge in [0.1, 0.15) is 17.2 Å². The zero-order valence-electron chi connectivity index (χ0n) is 14.8. The van der Waals surface area contributed by atoms with Gasteiger partial charge in [-0.1, -0.05) is 0 Å². The van der Waals surface area contributed by atoms with Crippen LogP contribution in [0.1, 0.15) is 24.2 Å². The average molecular weight is 359 g/mol. The summed E-state index contributed by atoms with van der Waals surface area (Å²) in [6, 6.07) is 11.4. The van der Waals surface area contributed by atoms with Crippen LogP contribution in [0.3, 0.4) is 0 Å². The van der Waals surface area contributed by atoms with Gasteiger partial charge in [-0.15, -0.1) is 0 Å². The Hall–Kier alpha value is -3.22.